The fraction of sp³-hybridized carbons (Fsp3) is 0.727. The van der Waals surface area contributed by atoms with Crippen LogP contribution >= 0.6 is 0 Å². The van der Waals surface area contributed by atoms with Crippen LogP contribution in [0.25, 0.3) is 0 Å². The molecule has 0 amide bonds. The molecule has 0 N–H and O–H groups in total. The first-order chi connectivity index (χ1) is 5.31. The topological polar surface area (TPSA) is 0 Å². The second-order valence-electron chi connectivity index (χ2n) is 3.31. The van der Waals surface area contributed by atoms with Gasteiger partial charge in [-0.1, -0.05) is 32.3 Å². The summed E-state index contributed by atoms with van der Waals surface area (Å²) in [6.07, 6.45) is 11.2. The van der Waals surface area contributed by atoms with E-state index in [-0.39, 0.29) is 40.0 Å². The average molecular weight is 257 g/mol. The number of hydrogen-bond acceptors (Lipinski definition) is 0. The van der Waals surface area contributed by atoms with E-state index in [1.165, 1.54) is 32.1 Å². The molecule has 0 unspecified atom stereocenters. The molecular formula is C11H21BrMg. The summed E-state index contributed by atoms with van der Waals surface area (Å²) in [5, 5.41) is 0. The molecule has 2 fully saturated rings. The van der Waals surface area contributed by atoms with Gasteiger partial charge in [-0.2, -0.15) is 0 Å². The third-order valence-electron chi connectivity index (χ3n) is 1.68. The monoisotopic (exact) mass is 256 g/mol. The second-order valence-corrected chi connectivity index (χ2v) is 3.31. The molecule has 0 heterocycles. The zero-order valence-corrected chi connectivity index (χ0v) is 12.1. The van der Waals surface area contributed by atoms with Crippen LogP contribution in [0, 0.1) is 12.3 Å². The summed E-state index contributed by atoms with van der Waals surface area (Å²) in [7, 11) is 0. The molecule has 0 aromatic heterocycles. The molecule has 2 aliphatic carbocycles. The smallest absolute Gasteiger partial charge is 1.00 e. The van der Waals surface area contributed by atoms with Crippen molar-refractivity contribution in [2.24, 2.45) is 5.92 Å². The Morgan fingerprint density at radius 3 is 1.54 bits per heavy atom. The average Bonchev–Trinajstić information content (AvgIpc) is 2.69. The van der Waals surface area contributed by atoms with Crippen LogP contribution in [0.3, 0.4) is 0 Å². The molecule has 13 heavy (non-hydrogen) atoms. The van der Waals surface area contributed by atoms with Gasteiger partial charge in [0, 0.05) is 0 Å². The third kappa shape index (κ3) is 24.6. The SMILES string of the molecule is C=CC.CC1CCC1.[Br-].[CH-]1CC1.[Mg+2]. The first kappa shape index (κ1) is 19.5. The van der Waals surface area contributed by atoms with Gasteiger partial charge < -0.3 is 23.4 Å². The fourth-order valence-electron chi connectivity index (χ4n) is 0.612. The number of allylic oxidation sites excluding steroid dienone is 1. The molecule has 2 saturated carbocycles. The van der Waals surface area contributed by atoms with Gasteiger partial charge in [0.25, 0.3) is 0 Å². The normalized spacial score (nSPS) is 16.5. The van der Waals surface area contributed by atoms with Crippen molar-refractivity contribution in [2.75, 3.05) is 0 Å². The van der Waals surface area contributed by atoms with Gasteiger partial charge in [0.2, 0.25) is 0 Å². The van der Waals surface area contributed by atoms with E-state index < -0.39 is 0 Å². The molecule has 2 rings (SSSR count). The third-order valence-corrected chi connectivity index (χ3v) is 1.68. The minimum absolute atomic E-state index is 0. The first-order valence-electron chi connectivity index (χ1n) is 4.70. The molecular weight excluding hydrogens is 236 g/mol. The van der Waals surface area contributed by atoms with Crippen LogP contribution in [-0.2, 0) is 0 Å². The molecule has 0 atom stereocenters. The number of hydrogen-bond donors (Lipinski definition) is 0. The molecule has 0 radical (unpaired) electrons. The molecule has 0 aromatic carbocycles. The van der Waals surface area contributed by atoms with Gasteiger partial charge in [-0.3, -0.25) is 0 Å². The van der Waals surface area contributed by atoms with Crippen molar-refractivity contribution in [3.05, 3.63) is 19.1 Å². The van der Waals surface area contributed by atoms with Crippen LogP contribution in [-0.4, -0.2) is 23.1 Å². The summed E-state index contributed by atoms with van der Waals surface area (Å²) < 4.78 is 0. The molecule has 0 nitrogen and oxygen atoms in total. The molecule has 74 valence electrons. The van der Waals surface area contributed by atoms with Crippen molar-refractivity contribution < 1.29 is 17.0 Å². The quantitative estimate of drug-likeness (QED) is 0.339. The van der Waals surface area contributed by atoms with Gasteiger partial charge in [-0.25, -0.2) is 12.8 Å². The van der Waals surface area contributed by atoms with E-state index in [2.05, 4.69) is 19.9 Å². The largest absolute Gasteiger partial charge is 2.00 e. The van der Waals surface area contributed by atoms with Gasteiger partial charge in [0.15, 0.2) is 0 Å². The van der Waals surface area contributed by atoms with Crippen molar-refractivity contribution in [2.45, 2.75) is 46.0 Å². The Labute approximate surface area is 110 Å². The molecule has 0 spiro atoms. The Balaban J connectivity index is -0.000000112. The van der Waals surface area contributed by atoms with Crippen LogP contribution in [0.1, 0.15) is 46.0 Å². The molecule has 0 aromatic rings. The van der Waals surface area contributed by atoms with Gasteiger partial charge >= 0.3 is 23.1 Å². The molecule has 2 heteroatoms. The van der Waals surface area contributed by atoms with Crippen molar-refractivity contribution in [3.8, 4) is 0 Å². The minimum atomic E-state index is 0. The fourth-order valence-corrected chi connectivity index (χ4v) is 0.612. The summed E-state index contributed by atoms with van der Waals surface area (Å²) in [4.78, 5) is 0. The van der Waals surface area contributed by atoms with E-state index in [0.717, 1.165) is 5.92 Å². The van der Waals surface area contributed by atoms with Crippen LogP contribution in [0.2, 0.25) is 0 Å². The molecule has 0 saturated heterocycles. The minimum Gasteiger partial charge on any atom is -1.00 e. The van der Waals surface area contributed by atoms with E-state index >= 15 is 0 Å². The maximum Gasteiger partial charge on any atom is 2.00 e. The van der Waals surface area contributed by atoms with Gasteiger partial charge in [-0.15, -0.1) is 6.58 Å². The van der Waals surface area contributed by atoms with Gasteiger partial charge in [0.1, 0.15) is 0 Å². The van der Waals surface area contributed by atoms with Crippen molar-refractivity contribution >= 4 is 23.1 Å². The summed E-state index contributed by atoms with van der Waals surface area (Å²) in [5.41, 5.74) is 0. The maximum atomic E-state index is 3.36. The van der Waals surface area contributed by atoms with Crippen molar-refractivity contribution in [1.29, 1.82) is 0 Å². The van der Waals surface area contributed by atoms with E-state index in [4.69, 9.17) is 0 Å². The Kier molecular flexibility index (Phi) is 23.2. The van der Waals surface area contributed by atoms with Gasteiger partial charge in [0.05, 0.1) is 0 Å². The van der Waals surface area contributed by atoms with E-state index in [0.29, 0.717) is 0 Å². The van der Waals surface area contributed by atoms with E-state index in [9.17, 15) is 0 Å². The summed E-state index contributed by atoms with van der Waals surface area (Å²) in [5.74, 6) is 1.06. The second kappa shape index (κ2) is 15.5. The van der Waals surface area contributed by atoms with Crippen LogP contribution in [0.15, 0.2) is 12.7 Å². The molecule has 0 aliphatic heterocycles. The molecule has 0 bridgehead atoms. The van der Waals surface area contributed by atoms with Gasteiger partial charge in [-0.05, 0) is 12.8 Å². The Morgan fingerprint density at radius 1 is 1.31 bits per heavy atom. The van der Waals surface area contributed by atoms with Crippen LogP contribution in [0.4, 0.5) is 0 Å². The first-order valence-corrected chi connectivity index (χ1v) is 4.70. The predicted octanol–water partition coefficient (Wildman–Crippen LogP) is 0.606. The van der Waals surface area contributed by atoms with E-state index in [1.807, 2.05) is 6.92 Å². The van der Waals surface area contributed by atoms with Crippen molar-refractivity contribution in [3.63, 3.8) is 0 Å². The Bertz CT molecular complexity index is 85.3. The van der Waals surface area contributed by atoms with Crippen LogP contribution in [0.5, 0.6) is 0 Å². The number of halogens is 1. The summed E-state index contributed by atoms with van der Waals surface area (Å²) >= 11 is 0. The van der Waals surface area contributed by atoms with Crippen molar-refractivity contribution in [1.82, 2.24) is 0 Å². The zero-order valence-electron chi connectivity index (χ0n) is 9.06. The van der Waals surface area contributed by atoms with E-state index in [1.54, 1.807) is 6.08 Å². The Morgan fingerprint density at radius 2 is 1.54 bits per heavy atom. The predicted molar refractivity (Wildman–Crippen MR) is 58.2 cm³/mol. The summed E-state index contributed by atoms with van der Waals surface area (Å²) in [6.45, 7) is 7.56. The summed E-state index contributed by atoms with van der Waals surface area (Å²) in [6, 6.07) is 0. The zero-order chi connectivity index (χ0) is 8.53. The van der Waals surface area contributed by atoms with Crippen LogP contribution < -0.4 is 17.0 Å². The Hall–Kier alpha value is 0.986. The number of rotatable bonds is 0. The molecule has 2 aliphatic rings. The standard InChI is InChI=1S/C5H10.C3H5.C3H6.BrH.Mg/c1-5-3-2-4-5;1-2-3-1;1-3-2;;/h5H,2-4H2,1H3;1H,2-3H2;3H,1H2,2H3;1H;/q;-1;;;+2/p-1. The maximum absolute atomic E-state index is 3.36.